The summed E-state index contributed by atoms with van der Waals surface area (Å²) in [7, 11) is -4.64. The van der Waals surface area contributed by atoms with Gasteiger partial charge in [-0.1, -0.05) is 0 Å². The van der Waals surface area contributed by atoms with E-state index in [-0.39, 0.29) is 0 Å². The SMILES string of the molecule is O=P(O)(O)O.[2H]C(=O)[C@H](O)[C@H](O)[C@H](O)CO. The first-order chi connectivity index (χ1) is 7.00. The third-order valence-corrected chi connectivity index (χ3v) is 1.03. The van der Waals surface area contributed by atoms with Crippen molar-refractivity contribution in [3.05, 3.63) is 0 Å². The summed E-state index contributed by atoms with van der Waals surface area (Å²) in [5.41, 5.74) is 0. The maximum atomic E-state index is 10.1. The topological polar surface area (TPSA) is 176 Å². The van der Waals surface area contributed by atoms with Crippen LogP contribution >= 0.6 is 7.82 Å². The average molecular weight is 249 g/mol. The minimum Gasteiger partial charge on any atom is -0.394 e. The fourth-order valence-corrected chi connectivity index (χ4v) is 0.388. The van der Waals surface area contributed by atoms with E-state index in [1.54, 1.807) is 0 Å². The third kappa shape index (κ3) is 13.6. The fraction of sp³-hybridized carbons (Fsp3) is 0.800. The van der Waals surface area contributed by atoms with Crippen molar-refractivity contribution in [2.24, 2.45) is 0 Å². The second-order valence-corrected chi connectivity index (χ2v) is 3.34. The van der Waals surface area contributed by atoms with Crippen LogP contribution in [0.5, 0.6) is 0 Å². The highest BCUT2D eigenvalue weighted by molar-refractivity contribution is 7.45. The maximum absolute atomic E-state index is 10.1. The molecule has 0 aliphatic heterocycles. The highest BCUT2D eigenvalue weighted by Gasteiger charge is 2.22. The molecule has 10 heteroatoms. The lowest BCUT2D eigenvalue weighted by atomic mass is 10.1. The van der Waals surface area contributed by atoms with Crippen LogP contribution in [0.15, 0.2) is 0 Å². The van der Waals surface area contributed by atoms with E-state index < -0.39 is 39.0 Å². The largest absolute Gasteiger partial charge is 0.466 e. The van der Waals surface area contributed by atoms with Crippen LogP contribution in [-0.2, 0) is 9.36 Å². The molecular formula is C5H13O9P. The molecule has 0 saturated heterocycles. The molecule has 0 aliphatic rings. The van der Waals surface area contributed by atoms with E-state index >= 15 is 0 Å². The maximum Gasteiger partial charge on any atom is 0.466 e. The van der Waals surface area contributed by atoms with Gasteiger partial charge in [0.25, 0.3) is 0 Å². The Labute approximate surface area is 85.9 Å². The van der Waals surface area contributed by atoms with Crippen molar-refractivity contribution in [1.29, 1.82) is 0 Å². The first-order valence-corrected chi connectivity index (χ1v) is 5.01. The first kappa shape index (κ1) is 14.6. The van der Waals surface area contributed by atoms with Crippen molar-refractivity contribution in [2.45, 2.75) is 18.3 Å². The van der Waals surface area contributed by atoms with Crippen LogP contribution in [0, 0.1) is 0 Å². The Bertz CT molecular complexity index is 244. The second-order valence-electron chi connectivity index (χ2n) is 2.32. The van der Waals surface area contributed by atoms with E-state index in [0.29, 0.717) is 0 Å². The van der Waals surface area contributed by atoms with E-state index in [1.807, 2.05) is 0 Å². The lowest BCUT2D eigenvalue weighted by Gasteiger charge is -2.16. The molecule has 0 rings (SSSR count). The Morgan fingerprint density at radius 2 is 1.60 bits per heavy atom. The Balaban J connectivity index is 0. The number of hydrogen-bond donors (Lipinski definition) is 7. The van der Waals surface area contributed by atoms with Gasteiger partial charge in [-0.15, -0.1) is 0 Å². The molecular weight excluding hydrogens is 235 g/mol. The Hall–Kier alpha value is -0.380. The Morgan fingerprint density at radius 1 is 1.27 bits per heavy atom. The standard InChI is InChI=1S/C5H10O5.H3O4P/c6-1-3(8)5(10)4(9)2-7;1-5(2,3)4/h1,3-5,7-10H,2H2;(H3,1,2,3,4)/t3-,4+,5-;/m0./s1/i1D;. The van der Waals surface area contributed by atoms with Crippen molar-refractivity contribution in [3.63, 3.8) is 0 Å². The number of aliphatic hydroxyl groups is 4. The molecule has 7 N–H and O–H groups in total. The van der Waals surface area contributed by atoms with Crippen molar-refractivity contribution in [2.75, 3.05) is 6.61 Å². The molecule has 3 atom stereocenters. The number of carbonyl (C=O) groups excluding carboxylic acids is 1. The van der Waals surface area contributed by atoms with E-state index in [1.165, 1.54) is 0 Å². The van der Waals surface area contributed by atoms with Crippen molar-refractivity contribution < 1.29 is 45.8 Å². The van der Waals surface area contributed by atoms with Gasteiger partial charge in [-0.2, -0.15) is 0 Å². The Morgan fingerprint density at radius 3 is 1.80 bits per heavy atom. The molecule has 92 valence electrons. The van der Waals surface area contributed by atoms with Gasteiger partial charge in [0.05, 0.1) is 6.61 Å². The van der Waals surface area contributed by atoms with Crippen molar-refractivity contribution >= 4 is 14.1 Å². The Kier molecular flexibility index (Phi) is 7.65. The minimum atomic E-state index is -4.64. The zero-order valence-corrected chi connectivity index (χ0v) is 8.23. The molecule has 9 nitrogen and oxygen atoms in total. The molecule has 0 aliphatic carbocycles. The number of aliphatic hydroxyl groups excluding tert-OH is 4. The molecule has 0 radical (unpaired) electrons. The molecule has 0 amide bonds. The molecule has 0 spiro atoms. The highest BCUT2D eigenvalue weighted by Crippen LogP contribution is 2.25. The summed E-state index contributed by atoms with van der Waals surface area (Å²) in [4.78, 5) is 31.6. The van der Waals surface area contributed by atoms with Gasteiger partial charge in [0.15, 0.2) is 6.26 Å². The lowest BCUT2D eigenvalue weighted by Crippen LogP contribution is -2.40. The smallest absolute Gasteiger partial charge is 0.394 e. The van der Waals surface area contributed by atoms with Gasteiger partial charge < -0.3 is 39.9 Å². The van der Waals surface area contributed by atoms with Crippen LogP contribution in [-0.4, -0.2) is 66.3 Å². The van der Waals surface area contributed by atoms with Crippen LogP contribution in [0.1, 0.15) is 1.37 Å². The quantitative estimate of drug-likeness (QED) is 0.195. The summed E-state index contributed by atoms with van der Waals surface area (Å²) >= 11 is 0. The molecule has 0 fully saturated rings. The summed E-state index contributed by atoms with van der Waals surface area (Å²) < 4.78 is 15.2. The fourth-order valence-electron chi connectivity index (χ4n) is 0.388. The summed E-state index contributed by atoms with van der Waals surface area (Å²) in [6.07, 6.45) is -6.76. The molecule has 0 saturated carbocycles. The highest BCUT2D eigenvalue weighted by atomic mass is 31.2. The summed E-state index contributed by atoms with van der Waals surface area (Å²) in [5.74, 6) is 0. The molecule has 0 aromatic carbocycles. The van der Waals surface area contributed by atoms with Crippen LogP contribution in [0.25, 0.3) is 0 Å². The summed E-state index contributed by atoms with van der Waals surface area (Å²) in [5, 5.41) is 34.3. The van der Waals surface area contributed by atoms with E-state index in [0.717, 1.165) is 0 Å². The van der Waals surface area contributed by atoms with Gasteiger partial charge in [0.2, 0.25) is 0 Å². The third-order valence-electron chi connectivity index (χ3n) is 1.03. The van der Waals surface area contributed by atoms with Crippen LogP contribution in [0.2, 0.25) is 0 Å². The van der Waals surface area contributed by atoms with Crippen molar-refractivity contribution in [1.82, 2.24) is 0 Å². The number of hydrogen-bond acceptors (Lipinski definition) is 6. The van der Waals surface area contributed by atoms with E-state index in [2.05, 4.69) is 0 Å². The van der Waals surface area contributed by atoms with E-state index in [4.69, 9.17) is 41.0 Å². The number of carbonyl (C=O) groups is 1. The van der Waals surface area contributed by atoms with Gasteiger partial charge in [-0.25, -0.2) is 4.57 Å². The van der Waals surface area contributed by atoms with Crippen LogP contribution in [0.4, 0.5) is 0 Å². The molecule has 0 aromatic heterocycles. The number of rotatable bonds is 4. The lowest BCUT2D eigenvalue weighted by molar-refractivity contribution is -0.127. The van der Waals surface area contributed by atoms with Gasteiger partial charge in [0, 0.05) is 0 Å². The van der Waals surface area contributed by atoms with Crippen LogP contribution < -0.4 is 0 Å². The molecule has 0 heterocycles. The molecule has 15 heavy (non-hydrogen) atoms. The predicted octanol–water partition coefficient (Wildman–Crippen LogP) is -3.67. The molecule has 0 aromatic rings. The number of aldehydes is 1. The van der Waals surface area contributed by atoms with Crippen molar-refractivity contribution in [3.8, 4) is 0 Å². The van der Waals surface area contributed by atoms with E-state index in [9.17, 15) is 4.79 Å². The predicted molar refractivity (Wildman–Crippen MR) is 45.4 cm³/mol. The van der Waals surface area contributed by atoms with Gasteiger partial charge in [0.1, 0.15) is 19.7 Å². The normalized spacial score (nSPS) is 17.9. The molecule has 0 unspecified atom stereocenters. The first-order valence-electron chi connectivity index (χ1n) is 3.94. The number of phosphoric acid groups is 1. The van der Waals surface area contributed by atoms with Gasteiger partial charge >= 0.3 is 7.82 Å². The summed E-state index contributed by atoms with van der Waals surface area (Å²) in [6, 6.07) is 0. The monoisotopic (exact) mass is 249 g/mol. The minimum absolute atomic E-state index is 0.772. The van der Waals surface area contributed by atoms with Gasteiger partial charge in [-0.3, -0.25) is 0 Å². The second kappa shape index (κ2) is 7.85. The van der Waals surface area contributed by atoms with Gasteiger partial charge in [-0.05, 0) is 0 Å². The summed E-state index contributed by atoms with van der Waals surface area (Å²) in [6.45, 7) is -0.772. The molecule has 0 bridgehead atoms. The zero-order chi connectivity index (χ0) is 13.5. The van der Waals surface area contributed by atoms with Crippen LogP contribution in [0.3, 0.4) is 0 Å². The average Bonchev–Trinajstić information content (AvgIpc) is 2.11. The zero-order valence-electron chi connectivity index (χ0n) is 8.33.